The van der Waals surface area contributed by atoms with E-state index in [4.69, 9.17) is 14.8 Å². The first-order valence-electron chi connectivity index (χ1n) is 15.7. The van der Waals surface area contributed by atoms with Gasteiger partial charge in [0.15, 0.2) is 0 Å². The zero-order valence-electron chi connectivity index (χ0n) is 26.6. The molecule has 45 heavy (non-hydrogen) atoms. The summed E-state index contributed by atoms with van der Waals surface area (Å²) in [5, 5.41) is 14.8. The molecule has 1 aliphatic heterocycles. The van der Waals surface area contributed by atoms with Crippen molar-refractivity contribution in [2.24, 2.45) is 0 Å². The molecule has 4 N–H and O–H groups in total. The number of rotatable bonds is 9. The molecule has 2 aliphatic rings. The lowest BCUT2D eigenvalue weighted by Crippen LogP contribution is -2.42. The van der Waals surface area contributed by atoms with Gasteiger partial charge in [0.25, 0.3) is 11.5 Å². The van der Waals surface area contributed by atoms with Gasteiger partial charge in [0.2, 0.25) is 0 Å². The van der Waals surface area contributed by atoms with E-state index in [0.29, 0.717) is 11.1 Å². The van der Waals surface area contributed by atoms with E-state index in [1.54, 1.807) is 0 Å². The van der Waals surface area contributed by atoms with E-state index in [0.717, 1.165) is 97.9 Å². The summed E-state index contributed by atoms with van der Waals surface area (Å²) in [5.41, 5.74) is 7.03. The maximum atomic E-state index is 13.7. The van der Waals surface area contributed by atoms with Crippen LogP contribution in [0.4, 0.5) is 10.5 Å². The number of amides is 2. The lowest BCUT2D eigenvalue weighted by Gasteiger charge is -2.37. The smallest absolute Gasteiger partial charge is 0.404 e. The fourth-order valence-corrected chi connectivity index (χ4v) is 6.49. The number of aromatic nitrogens is 2. The molecule has 2 fully saturated rings. The summed E-state index contributed by atoms with van der Waals surface area (Å²) in [7, 11) is 2.04. The molecule has 0 unspecified atom stereocenters. The molecule has 2 amide bonds. The topological polar surface area (TPSA) is 140 Å². The van der Waals surface area contributed by atoms with Gasteiger partial charge in [0.1, 0.15) is 0 Å². The average Bonchev–Trinajstić information content (AvgIpc) is 3.01. The summed E-state index contributed by atoms with van der Waals surface area (Å²) in [6.45, 7) is 9.79. The Morgan fingerprint density at radius 3 is 2.44 bits per heavy atom. The molecule has 11 heteroatoms. The highest BCUT2D eigenvalue weighted by molar-refractivity contribution is 5.99. The van der Waals surface area contributed by atoms with Gasteiger partial charge in [0, 0.05) is 79.6 Å². The second-order valence-corrected chi connectivity index (χ2v) is 12.3. The lowest BCUT2D eigenvalue weighted by atomic mass is 9.89. The molecule has 2 aromatic heterocycles. The average molecular weight is 617 g/mol. The fraction of sp³-hybridized carbons (Fsp3) is 0.471. The van der Waals surface area contributed by atoms with Crippen molar-refractivity contribution in [1.82, 2.24) is 25.5 Å². The molecule has 0 bridgehead atoms. The Kier molecular flexibility index (Phi) is 10.2. The van der Waals surface area contributed by atoms with Gasteiger partial charge < -0.3 is 30.4 Å². The number of anilines is 1. The zero-order valence-corrected chi connectivity index (χ0v) is 26.6. The Balaban J connectivity index is 1.42. The Labute approximate surface area is 264 Å². The Morgan fingerprint density at radius 2 is 1.80 bits per heavy atom. The van der Waals surface area contributed by atoms with Crippen molar-refractivity contribution in [1.29, 1.82) is 0 Å². The molecular formula is C34H44N6O5. The van der Waals surface area contributed by atoms with Crippen molar-refractivity contribution in [3.63, 3.8) is 0 Å². The number of morpholine rings is 1. The number of carboxylic acid groups (broad SMARTS) is 1. The van der Waals surface area contributed by atoms with Gasteiger partial charge in [-0.3, -0.25) is 19.5 Å². The van der Waals surface area contributed by atoms with Gasteiger partial charge in [-0.05, 0) is 87.4 Å². The van der Waals surface area contributed by atoms with Crippen LogP contribution >= 0.6 is 0 Å². The molecule has 0 spiro atoms. The summed E-state index contributed by atoms with van der Waals surface area (Å²) in [5.74, 6) is -0.255. The summed E-state index contributed by atoms with van der Waals surface area (Å²) in [4.78, 5) is 49.6. The Bertz CT molecular complexity index is 1570. The van der Waals surface area contributed by atoms with Crippen LogP contribution in [0, 0.1) is 20.8 Å². The van der Waals surface area contributed by atoms with Crippen LogP contribution in [0.25, 0.3) is 11.1 Å². The number of H-pyrrole nitrogens is 1. The number of carbonyl (C=O) groups excluding carboxylic acids is 1. The highest BCUT2D eigenvalue weighted by Gasteiger charge is 2.27. The summed E-state index contributed by atoms with van der Waals surface area (Å²) < 4.78 is 5.47. The molecule has 5 rings (SSSR count). The molecule has 11 nitrogen and oxygen atoms in total. The number of nitrogens with zero attached hydrogens (tertiary/aromatic N) is 3. The minimum absolute atomic E-state index is 0.0450. The Hall–Kier alpha value is -4.22. The third-order valence-corrected chi connectivity index (χ3v) is 9.14. The van der Waals surface area contributed by atoms with Gasteiger partial charge >= 0.3 is 6.09 Å². The van der Waals surface area contributed by atoms with Crippen LogP contribution < -0.4 is 21.1 Å². The summed E-state index contributed by atoms with van der Waals surface area (Å²) in [6, 6.07) is 10.2. The number of pyridine rings is 2. The van der Waals surface area contributed by atoms with Crippen molar-refractivity contribution in [3.05, 3.63) is 80.5 Å². The maximum Gasteiger partial charge on any atom is 0.404 e. The van der Waals surface area contributed by atoms with E-state index in [9.17, 15) is 14.4 Å². The first kappa shape index (κ1) is 32.2. The molecule has 0 atom stereocenters. The number of hydrogen-bond donors (Lipinski definition) is 4. The van der Waals surface area contributed by atoms with Crippen molar-refractivity contribution < 1.29 is 19.4 Å². The van der Waals surface area contributed by atoms with E-state index in [1.165, 1.54) is 0 Å². The van der Waals surface area contributed by atoms with Crippen LogP contribution in [0.3, 0.4) is 0 Å². The molecule has 3 aromatic rings. The number of benzene rings is 1. The zero-order chi connectivity index (χ0) is 32.1. The lowest BCUT2D eigenvalue weighted by molar-refractivity contribution is 0.0336. The summed E-state index contributed by atoms with van der Waals surface area (Å²) in [6.07, 6.45) is 4.06. The third kappa shape index (κ3) is 7.90. The third-order valence-electron chi connectivity index (χ3n) is 9.14. The molecule has 3 heterocycles. The highest BCUT2D eigenvalue weighted by atomic mass is 16.5. The van der Waals surface area contributed by atoms with Crippen LogP contribution in [0.1, 0.15) is 64.1 Å². The SMILES string of the molecule is Cc1cc(C)c(CNC(=O)c2cc(-c3ccc(CN4CCOCC4)nc3)cc(N(C)C3CCC(NC(=O)O)CC3)c2C)c(=O)[nH]1. The second kappa shape index (κ2) is 14.3. The van der Waals surface area contributed by atoms with Gasteiger partial charge in [-0.25, -0.2) is 4.79 Å². The van der Waals surface area contributed by atoms with Gasteiger partial charge in [-0.15, -0.1) is 0 Å². The van der Waals surface area contributed by atoms with Crippen LogP contribution in [0.5, 0.6) is 0 Å². The van der Waals surface area contributed by atoms with Crippen molar-refractivity contribution in [2.45, 2.75) is 71.6 Å². The number of aryl methyl sites for hydroxylation is 2. The fourth-order valence-electron chi connectivity index (χ4n) is 6.49. The molecule has 1 saturated heterocycles. The minimum Gasteiger partial charge on any atom is -0.465 e. The first-order chi connectivity index (χ1) is 21.6. The molecule has 1 aromatic carbocycles. The number of hydrogen-bond acceptors (Lipinski definition) is 7. The van der Waals surface area contributed by atoms with Crippen LogP contribution in [0.2, 0.25) is 0 Å². The quantitative estimate of drug-likeness (QED) is 0.281. The van der Waals surface area contributed by atoms with E-state index in [2.05, 4.69) is 37.6 Å². The summed E-state index contributed by atoms with van der Waals surface area (Å²) >= 11 is 0. The van der Waals surface area contributed by atoms with Crippen LogP contribution in [-0.2, 0) is 17.8 Å². The van der Waals surface area contributed by atoms with Crippen LogP contribution in [0.15, 0.2) is 41.3 Å². The predicted octanol–water partition coefficient (Wildman–Crippen LogP) is 4.14. The van der Waals surface area contributed by atoms with E-state index in [1.807, 2.05) is 52.2 Å². The van der Waals surface area contributed by atoms with E-state index < -0.39 is 6.09 Å². The molecule has 240 valence electrons. The molecule has 1 saturated carbocycles. The minimum atomic E-state index is -0.988. The number of carbonyl (C=O) groups is 2. The second-order valence-electron chi connectivity index (χ2n) is 12.3. The predicted molar refractivity (Wildman–Crippen MR) is 174 cm³/mol. The molecular weight excluding hydrogens is 572 g/mol. The monoisotopic (exact) mass is 616 g/mol. The molecule has 0 radical (unpaired) electrons. The van der Waals surface area contributed by atoms with E-state index >= 15 is 0 Å². The highest BCUT2D eigenvalue weighted by Crippen LogP contribution is 2.34. The standard InChI is InChI=1S/C34H44N6O5/c1-21-15-22(2)37-33(42)30(21)19-36-32(41)29-16-25(24-5-6-27(35-18-24)20-40-11-13-45-14-12-40)17-31(23(29)3)39(4)28-9-7-26(8-10-28)38-34(43)44/h5-6,15-18,26,28,38H,7-14,19-20H2,1-4H3,(H,36,41)(H,37,42)(H,43,44). The maximum absolute atomic E-state index is 13.7. The van der Waals surface area contributed by atoms with Gasteiger partial charge in [-0.1, -0.05) is 6.07 Å². The van der Waals surface area contributed by atoms with Crippen molar-refractivity contribution >= 4 is 17.7 Å². The van der Waals surface area contributed by atoms with E-state index in [-0.39, 0.29) is 30.1 Å². The van der Waals surface area contributed by atoms with Crippen LogP contribution in [-0.4, -0.2) is 77.4 Å². The van der Waals surface area contributed by atoms with Gasteiger partial charge in [0.05, 0.1) is 18.9 Å². The van der Waals surface area contributed by atoms with Crippen molar-refractivity contribution in [2.75, 3.05) is 38.3 Å². The molecule has 1 aliphatic carbocycles. The largest absolute Gasteiger partial charge is 0.465 e. The number of nitrogens with one attached hydrogen (secondary N) is 3. The normalized spacial score (nSPS) is 18.8. The number of ether oxygens (including phenoxy) is 1. The van der Waals surface area contributed by atoms with Crippen molar-refractivity contribution in [3.8, 4) is 11.1 Å². The first-order valence-corrected chi connectivity index (χ1v) is 15.7. The van der Waals surface area contributed by atoms with Gasteiger partial charge in [-0.2, -0.15) is 0 Å². The number of aromatic amines is 1. The Morgan fingerprint density at radius 1 is 1.07 bits per heavy atom.